The SMILES string of the molecule is COc1ccccc1C(CNCc1ccccc1)N1CC(C(F)(F)F)N(CCO)C(C(F)(F)F)C1. The first-order chi connectivity index (χ1) is 16.6. The van der Waals surface area contributed by atoms with Gasteiger partial charge >= 0.3 is 12.4 Å². The summed E-state index contributed by atoms with van der Waals surface area (Å²) in [4.78, 5) is 1.55. The van der Waals surface area contributed by atoms with Crippen molar-refractivity contribution in [3.05, 3.63) is 65.7 Å². The minimum absolute atomic E-state index is 0.102. The highest BCUT2D eigenvalue weighted by Gasteiger charge is 2.57. The van der Waals surface area contributed by atoms with Gasteiger partial charge in [-0.2, -0.15) is 26.3 Å². The van der Waals surface area contributed by atoms with E-state index in [2.05, 4.69) is 5.32 Å². The Kier molecular flexibility index (Phi) is 9.03. The van der Waals surface area contributed by atoms with Gasteiger partial charge in [-0.1, -0.05) is 48.5 Å². The predicted octanol–water partition coefficient (Wildman–Crippen LogP) is 4.00. The summed E-state index contributed by atoms with van der Waals surface area (Å²) < 4.78 is 89.2. The minimum Gasteiger partial charge on any atom is -0.496 e. The first-order valence-electron chi connectivity index (χ1n) is 11.2. The highest BCUT2D eigenvalue weighted by atomic mass is 19.4. The maximum absolute atomic E-state index is 14.0. The highest BCUT2D eigenvalue weighted by Crippen LogP contribution is 2.39. The summed E-state index contributed by atoms with van der Waals surface area (Å²) in [6.45, 7) is -2.40. The maximum atomic E-state index is 14.0. The molecule has 2 aromatic rings. The van der Waals surface area contributed by atoms with E-state index >= 15 is 0 Å². The van der Waals surface area contributed by atoms with E-state index in [4.69, 9.17) is 4.74 Å². The molecule has 2 aromatic carbocycles. The Bertz CT molecular complexity index is 901. The fourth-order valence-electron chi connectivity index (χ4n) is 4.54. The van der Waals surface area contributed by atoms with Gasteiger partial charge in [0, 0.05) is 38.3 Å². The van der Waals surface area contributed by atoms with Crippen molar-refractivity contribution in [2.75, 3.05) is 39.9 Å². The van der Waals surface area contributed by atoms with Gasteiger partial charge in [-0.3, -0.25) is 9.80 Å². The van der Waals surface area contributed by atoms with Crippen LogP contribution in [0.1, 0.15) is 17.2 Å². The van der Waals surface area contributed by atoms with E-state index in [-0.39, 0.29) is 6.54 Å². The summed E-state index contributed by atoms with van der Waals surface area (Å²) in [6, 6.07) is 10.3. The molecule has 3 rings (SSSR count). The topological polar surface area (TPSA) is 48.0 Å². The Morgan fingerprint density at radius 3 is 2.06 bits per heavy atom. The van der Waals surface area contributed by atoms with Crippen LogP contribution in [0.3, 0.4) is 0 Å². The number of nitrogens with zero attached hydrogens (tertiary/aromatic N) is 2. The molecule has 3 unspecified atom stereocenters. The number of benzene rings is 2. The summed E-state index contributed by atoms with van der Waals surface area (Å²) in [7, 11) is 1.41. The number of hydrogen-bond acceptors (Lipinski definition) is 5. The number of hydrogen-bond donors (Lipinski definition) is 2. The van der Waals surface area contributed by atoms with Crippen molar-refractivity contribution in [1.82, 2.24) is 15.1 Å². The summed E-state index contributed by atoms with van der Waals surface area (Å²) in [5, 5.41) is 12.4. The normalized spacial score (nSPS) is 21.1. The van der Waals surface area contributed by atoms with Crippen LogP contribution in [-0.2, 0) is 6.54 Å². The number of ether oxygens (including phenoxy) is 1. The smallest absolute Gasteiger partial charge is 0.405 e. The van der Waals surface area contributed by atoms with E-state index < -0.39 is 56.7 Å². The van der Waals surface area contributed by atoms with Crippen molar-refractivity contribution in [1.29, 1.82) is 0 Å². The summed E-state index contributed by atoms with van der Waals surface area (Å²) >= 11 is 0. The van der Waals surface area contributed by atoms with Gasteiger partial charge in [-0.05, 0) is 11.6 Å². The number of nitrogens with one attached hydrogen (secondary N) is 1. The van der Waals surface area contributed by atoms with Crippen LogP contribution in [0.15, 0.2) is 54.6 Å². The quantitative estimate of drug-likeness (QED) is 0.505. The Morgan fingerprint density at radius 1 is 0.943 bits per heavy atom. The second-order valence-corrected chi connectivity index (χ2v) is 8.40. The molecule has 0 aliphatic carbocycles. The second kappa shape index (κ2) is 11.6. The lowest BCUT2D eigenvalue weighted by atomic mass is 9.97. The first kappa shape index (κ1) is 27.3. The molecule has 35 heavy (non-hydrogen) atoms. The Hall–Kier alpha value is -2.34. The molecule has 1 aliphatic rings. The minimum atomic E-state index is -4.92. The highest BCUT2D eigenvalue weighted by molar-refractivity contribution is 5.36. The molecule has 2 N–H and O–H groups in total. The zero-order valence-corrected chi connectivity index (χ0v) is 19.2. The fraction of sp³-hybridized carbons (Fsp3) is 0.500. The molecule has 0 spiro atoms. The molecular weight excluding hydrogens is 476 g/mol. The monoisotopic (exact) mass is 505 g/mol. The maximum Gasteiger partial charge on any atom is 0.405 e. The largest absolute Gasteiger partial charge is 0.496 e. The van der Waals surface area contributed by atoms with Gasteiger partial charge in [0.2, 0.25) is 0 Å². The molecular formula is C24H29F6N3O2. The molecule has 194 valence electrons. The van der Waals surface area contributed by atoms with Gasteiger partial charge in [0.15, 0.2) is 0 Å². The van der Waals surface area contributed by atoms with Crippen molar-refractivity contribution < 1.29 is 36.2 Å². The van der Waals surface area contributed by atoms with Crippen LogP contribution in [0.4, 0.5) is 26.3 Å². The summed E-state index contributed by atoms with van der Waals surface area (Å²) in [5.74, 6) is 0.379. The Balaban J connectivity index is 1.96. The lowest BCUT2D eigenvalue weighted by molar-refractivity contribution is -0.257. The Labute approximate surface area is 200 Å². The molecule has 5 nitrogen and oxygen atoms in total. The number of aliphatic hydroxyl groups is 1. The van der Waals surface area contributed by atoms with E-state index in [0.29, 0.717) is 22.8 Å². The number of alkyl halides is 6. The zero-order chi connectivity index (χ0) is 25.6. The van der Waals surface area contributed by atoms with Gasteiger partial charge in [0.1, 0.15) is 17.8 Å². The number of para-hydroxylation sites is 1. The molecule has 0 radical (unpaired) electrons. The lowest BCUT2D eigenvalue weighted by Gasteiger charge is -2.49. The van der Waals surface area contributed by atoms with Gasteiger partial charge in [-0.25, -0.2) is 0 Å². The average molecular weight is 506 g/mol. The van der Waals surface area contributed by atoms with Crippen LogP contribution in [0, 0.1) is 0 Å². The van der Waals surface area contributed by atoms with Crippen molar-refractivity contribution in [3.8, 4) is 5.75 Å². The summed E-state index contributed by atoms with van der Waals surface area (Å²) in [5.41, 5.74) is 1.42. The summed E-state index contributed by atoms with van der Waals surface area (Å²) in [6.07, 6.45) is -9.83. The molecule has 1 heterocycles. The van der Waals surface area contributed by atoms with Crippen LogP contribution in [0.25, 0.3) is 0 Å². The van der Waals surface area contributed by atoms with Gasteiger partial charge in [-0.15, -0.1) is 0 Å². The standard InChI is InChI=1S/C24H29F6N3O2/c1-35-20-10-6-5-9-18(20)19(14-31-13-17-7-3-2-4-8-17)32-15-21(23(25,26)27)33(11-12-34)22(16-32)24(28,29)30/h2-10,19,21-22,31,34H,11-16H2,1H3. The molecule has 0 amide bonds. The van der Waals surface area contributed by atoms with E-state index in [1.54, 1.807) is 24.3 Å². The molecule has 1 fully saturated rings. The molecule has 1 saturated heterocycles. The molecule has 0 bridgehead atoms. The van der Waals surface area contributed by atoms with Crippen LogP contribution < -0.4 is 10.1 Å². The van der Waals surface area contributed by atoms with E-state index in [9.17, 15) is 31.4 Å². The van der Waals surface area contributed by atoms with Gasteiger partial charge in [0.05, 0.1) is 19.8 Å². The predicted molar refractivity (Wildman–Crippen MR) is 119 cm³/mol. The average Bonchev–Trinajstić information content (AvgIpc) is 2.81. The van der Waals surface area contributed by atoms with E-state index in [0.717, 1.165) is 5.56 Å². The zero-order valence-electron chi connectivity index (χ0n) is 19.2. The van der Waals surface area contributed by atoms with Crippen molar-refractivity contribution >= 4 is 0 Å². The number of methoxy groups -OCH3 is 1. The van der Waals surface area contributed by atoms with Crippen LogP contribution >= 0.6 is 0 Å². The number of halogens is 6. The second-order valence-electron chi connectivity index (χ2n) is 8.40. The fourth-order valence-corrected chi connectivity index (χ4v) is 4.54. The molecule has 11 heteroatoms. The van der Waals surface area contributed by atoms with Gasteiger partial charge in [0.25, 0.3) is 0 Å². The molecule has 1 aliphatic heterocycles. The number of aliphatic hydroxyl groups excluding tert-OH is 1. The number of piperazine rings is 1. The molecule has 0 saturated carbocycles. The van der Waals surface area contributed by atoms with Crippen LogP contribution in [0.5, 0.6) is 5.75 Å². The number of rotatable bonds is 9. The van der Waals surface area contributed by atoms with Crippen molar-refractivity contribution in [3.63, 3.8) is 0 Å². The van der Waals surface area contributed by atoms with Gasteiger partial charge < -0.3 is 15.2 Å². The van der Waals surface area contributed by atoms with Crippen molar-refractivity contribution in [2.24, 2.45) is 0 Å². The first-order valence-corrected chi connectivity index (χ1v) is 11.2. The van der Waals surface area contributed by atoms with Crippen LogP contribution in [-0.4, -0.2) is 79.2 Å². The number of β-amino-alcohol motifs (C(OH)–C–C–N with tert-alkyl or cyclic N) is 1. The lowest BCUT2D eigenvalue weighted by Crippen LogP contribution is -2.68. The third-order valence-corrected chi connectivity index (χ3v) is 6.18. The van der Waals surface area contributed by atoms with E-state index in [1.807, 2.05) is 30.3 Å². The molecule has 3 atom stereocenters. The van der Waals surface area contributed by atoms with Crippen LogP contribution in [0.2, 0.25) is 0 Å². The third-order valence-electron chi connectivity index (χ3n) is 6.18. The van der Waals surface area contributed by atoms with E-state index in [1.165, 1.54) is 12.0 Å². The Morgan fingerprint density at radius 2 is 1.51 bits per heavy atom. The third kappa shape index (κ3) is 6.87. The molecule has 0 aromatic heterocycles. The van der Waals surface area contributed by atoms with Crippen molar-refractivity contribution in [2.45, 2.75) is 37.0 Å².